The molecule has 4 nitrogen and oxygen atoms in total. The molecule has 0 radical (unpaired) electrons. The van der Waals surface area contributed by atoms with E-state index in [1.807, 2.05) is 24.3 Å². The number of rotatable bonds is 5. The van der Waals surface area contributed by atoms with Gasteiger partial charge in [0.1, 0.15) is 5.82 Å². The van der Waals surface area contributed by atoms with Crippen LogP contribution < -0.4 is 10.9 Å². The Morgan fingerprint density at radius 2 is 1.80 bits per heavy atom. The largest absolute Gasteiger partial charge is 0.352 e. The van der Waals surface area contributed by atoms with E-state index in [1.54, 1.807) is 19.1 Å². The normalized spacial score (nSPS) is 10.8. The highest BCUT2D eigenvalue weighted by atomic mass is 19.1. The molecule has 0 unspecified atom stereocenters. The summed E-state index contributed by atoms with van der Waals surface area (Å²) in [6, 6.07) is 13.7. The number of nitrogens with one attached hydrogen (secondary N) is 2. The summed E-state index contributed by atoms with van der Waals surface area (Å²) in [7, 11) is 0. The number of hydrogen-bond acceptors (Lipinski definition) is 2. The number of aromatic nitrogens is 1. The third-order valence-corrected chi connectivity index (χ3v) is 4.14. The monoisotopic (exact) mass is 338 g/mol. The Kier molecular flexibility index (Phi) is 4.93. The van der Waals surface area contributed by atoms with Crippen LogP contribution in [0.1, 0.15) is 23.1 Å². The molecule has 25 heavy (non-hydrogen) atoms. The van der Waals surface area contributed by atoms with Crippen LogP contribution in [0, 0.1) is 12.7 Å². The van der Waals surface area contributed by atoms with Crippen LogP contribution in [-0.2, 0) is 17.8 Å². The molecule has 1 amide bonds. The summed E-state index contributed by atoms with van der Waals surface area (Å²) in [5.74, 6) is -0.330. The number of aryl methyl sites for hydroxylation is 2. The molecule has 0 saturated heterocycles. The molecule has 0 saturated carbocycles. The van der Waals surface area contributed by atoms with E-state index in [0.29, 0.717) is 24.9 Å². The molecule has 2 N–H and O–H groups in total. The predicted octanol–water partition coefficient (Wildman–Crippen LogP) is 3.22. The second-order valence-corrected chi connectivity index (χ2v) is 6.11. The first-order valence-corrected chi connectivity index (χ1v) is 8.15. The number of carbonyl (C=O) groups is 1. The van der Waals surface area contributed by atoms with Crippen molar-refractivity contribution in [1.82, 2.24) is 10.3 Å². The molecule has 0 aliphatic rings. The maximum absolute atomic E-state index is 12.9. The second kappa shape index (κ2) is 7.30. The van der Waals surface area contributed by atoms with Crippen LogP contribution in [0.5, 0.6) is 0 Å². The van der Waals surface area contributed by atoms with Crippen molar-refractivity contribution in [2.75, 3.05) is 0 Å². The summed E-state index contributed by atoms with van der Waals surface area (Å²) >= 11 is 0. The minimum absolute atomic E-state index is 0.0536. The number of fused-ring (bicyclic) bond motifs is 1. The van der Waals surface area contributed by atoms with Crippen molar-refractivity contribution in [2.24, 2.45) is 0 Å². The number of hydrogen-bond donors (Lipinski definition) is 2. The zero-order valence-electron chi connectivity index (χ0n) is 13.9. The van der Waals surface area contributed by atoms with Gasteiger partial charge < -0.3 is 10.3 Å². The Hall–Kier alpha value is -2.95. The van der Waals surface area contributed by atoms with Crippen LogP contribution in [0.2, 0.25) is 0 Å². The van der Waals surface area contributed by atoms with Crippen molar-refractivity contribution < 1.29 is 9.18 Å². The molecule has 1 aromatic heterocycles. The fourth-order valence-corrected chi connectivity index (χ4v) is 2.67. The Bertz CT molecular complexity index is 962. The first kappa shape index (κ1) is 16.9. The summed E-state index contributed by atoms with van der Waals surface area (Å²) in [6.07, 6.45) is 0.926. The number of amides is 1. The lowest BCUT2D eigenvalue weighted by atomic mass is 10.1. The highest BCUT2D eigenvalue weighted by Crippen LogP contribution is 2.13. The molecule has 0 atom stereocenters. The number of pyridine rings is 1. The molecule has 3 aromatic rings. The van der Waals surface area contributed by atoms with Crippen LogP contribution in [0.4, 0.5) is 4.39 Å². The topological polar surface area (TPSA) is 62.0 Å². The highest BCUT2D eigenvalue weighted by Gasteiger charge is 2.04. The van der Waals surface area contributed by atoms with Gasteiger partial charge in [0, 0.05) is 24.0 Å². The fraction of sp³-hybridized carbons (Fsp3) is 0.200. The van der Waals surface area contributed by atoms with Crippen LogP contribution >= 0.6 is 0 Å². The zero-order chi connectivity index (χ0) is 17.8. The quantitative estimate of drug-likeness (QED) is 0.750. The summed E-state index contributed by atoms with van der Waals surface area (Å²) in [4.78, 5) is 26.4. The molecule has 0 fully saturated rings. The summed E-state index contributed by atoms with van der Waals surface area (Å²) < 4.78 is 12.9. The van der Waals surface area contributed by atoms with E-state index in [2.05, 4.69) is 10.3 Å². The van der Waals surface area contributed by atoms with E-state index in [-0.39, 0.29) is 17.3 Å². The summed E-state index contributed by atoms with van der Waals surface area (Å²) in [5, 5.41) is 3.83. The minimum atomic E-state index is -0.277. The third kappa shape index (κ3) is 4.32. The van der Waals surface area contributed by atoms with Gasteiger partial charge in [-0.1, -0.05) is 18.2 Å². The molecule has 2 aromatic carbocycles. The smallest absolute Gasteiger partial charge is 0.251 e. The van der Waals surface area contributed by atoms with E-state index in [1.165, 1.54) is 12.1 Å². The van der Waals surface area contributed by atoms with Gasteiger partial charge in [0.15, 0.2) is 0 Å². The van der Waals surface area contributed by atoms with E-state index >= 15 is 0 Å². The Balaban J connectivity index is 1.58. The van der Waals surface area contributed by atoms with E-state index in [0.717, 1.165) is 22.0 Å². The number of H-pyrrole nitrogens is 1. The van der Waals surface area contributed by atoms with Crippen LogP contribution in [0.15, 0.2) is 53.3 Å². The average Bonchev–Trinajstić information content (AvgIpc) is 2.60. The van der Waals surface area contributed by atoms with Crippen molar-refractivity contribution in [3.05, 3.63) is 81.4 Å². The van der Waals surface area contributed by atoms with Gasteiger partial charge in [-0.25, -0.2) is 4.39 Å². The first-order chi connectivity index (χ1) is 12.0. The molecule has 5 heteroatoms. The van der Waals surface area contributed by atoms with Gasteiger partial charge in [-0.05, 0) is 60.2 Å². The Morgan fingerprint density at radius 3 is 2.56 bits per heavy atom. The number of halogens is 1. The maximum atomic E-state index is 12.9. The number of carbonyl (C=O) groups excluding carboxylic acids is 1. The second-order valence-electron chi connectivity index (χ2n) is 6.11. The molecule has 0 bridgehead atoms. The molecule has 0 aliphatic heterocycles. The fourth-order valence-electron chi connectivity index (χ4n) is 2.67. The van der Waals surface area contributed by atoms with Gasteiger partial charge >= 0.3 is 0 Å². The van der Waals surface area contributed by atoms with Gasteiger partial charge in [-0.2, -0.15) is 0 Å². The number of aromatic amines is 1. The maximum Gasteiger partial charge on any atom is 0.251 e. The van der Waals surface area contributed by atoms with Gasteiger partial charge in [0.05, 0.1) is 0 Å². The molecule has 0 aliphatic carbocycles. The molecule has 3 rings (SSSR count). The molecule has 1 heterocycles. The standard InChI is InChI=1S/C20H19FN2O2/c1-13-10-16-11-15(4-8-18(16)23-20(13)25)12-22-19(24)9-5-14-2-6-17(21)7-3-14/h2-4,6-8,10-11H,5,9,12H2,1H3,(H,22,24)(H,23,25). The van der Waals surface area contributed by atoms with Crippen LogP contribution in [-0.4, -0.2) is 10.9 Å². The van der Waals surface area contributed by atoms with Gasteiger partial charge in [0.2, 0.25) is 5.91 Å². The van der Waals surface area contributed by atoms with Crippen molar-refractivity contribution in [1.29, 1.82) is 0 Å². The lowest BCUT2D eigenvalue weighted by Crippen LogP contribution is -2.23. The van der Waals surface area contributed by atoms with E-state index in [9.17, 15) is 14.0 Å². The zero-order valence-corrected chi connectivity index (χ0v) is 13.9. The first-order valence-electron chi connectivity index (χ1n) is 8.15. The van der Waals surface area contributed by atoms with Crippen LogP contribution in [0.3, 0.4) is 0 Å². The minimum Gasteiger partial charge on any atom is -0.352 e. The third-order valence-electron chi connectivity index (χ3n) is 4.14. The van der Waals surface area contributed by atoms with E-state index in [4.69, 9.17) is 0 Å². The number of benzene rings is 2. The lowest BCUT2D eigenvalue weighted by Gasteiger charge is -2.07. The average molecular weight is 338 g/mol. The highest BCUT2D eigenvalue weighted by molar-refractivity contribution is 5.80. The Labute approximate surface area is 144 Å². The van der Waals surface area contributed by atoms with Crippen molar-refractivity contribution in [3.8, 4) is 0 Å². The van der Waals surface area contributed by atoms with Gasteiger partial charge in [0.25, 0.3) is 5.56 Å². The van der Waals surface area contributed by atoms with Crippen molar-refractivity contribution in [3.63, 3.8) is 0 Å². The van der Waals surface area contributed by atoms with E-state index < -0.39 is 0 Å². The van der Waals surface area contributed by atoms with Crippen molar-refractivity contribution >= 4 is 16.8 Å². The Morgan fingerprint density at radius 1 is 1.08 bits per heavy atom. The molecule has 128 valence electrons. The lowest BCUT2D eigenvalue weighted by molar-refractivity contribution is -0.121. The summed E-state index contributed by atoms with van der Waals surface area (Å²) in [5.41, 5.74) is 3.25. The molecular formula is C20H19FN2O2. The molecule has 0 spiro atoms. The van der Waals surface area contributed by atoms with Gasteiger partial charge in [-0.15, -0.1) is 0 Å². The van der Waals surface area contributed by atoms with Crippen molar-refractivity contribution in [2.45, 2.75) is 26.3 Å². The van der Waals surface area contributed by atoms with Crippen LogP contribution in [0.25, 0.3) is 10.9 Å². The predicted molar refractivity (Wildman–Crippen MR) is 95.9 cm³/mol. The summed E-state index contributed by atoms with van der Waals surface area (Å²) in [6.45, 7) is 2.19. The molecular weight excluding hydrogens is 319 g/mol. The van der Waals surface area contributed by atoms with Gasteiger partial charge in [-0.3, -0.25) is 9.59 Å². The SMILES string of the molecule is Cc1cc2cc(CNC(=O)CCc3ccc(F)cc3)ccc2[nH]c1=O.